The monoisotopic (exact) mass is 646 g/mol. The maximum Gasteiger partial charge on any atom is 0.270 e. The number of allylic oxidation sites excluding steroid dienone is 3. The number of alkyl halides is 1. The number of anilines is 1. The van der Waals surface area contributed by atoms with Crippen molar-refractivity contribution in [3.8, 4) is 11.5 Å². The minimum absolute atomic E-state index is 0.0725. The molecule has 13 heteroatoms. The summed E-state index contributed by atoms with van der Waals surface area (Å²) in [4.78, 5) is 26.2. The standard InChI is InChI=1S/C29H39ClN6O4.C3H5FO/c1-6-8-9-22(18(3)30)27(37)35-36-28(38)25(34-21-13-10-19(11-14-21)26(31)32)20-12-15-23(24(16-20)39-7-2)40-17-29(4,5)33;1-3(5)2-4/h8-16,25,34H,6-7,17,33H2,1-5H3,(H3,31,32)(H,35,37)(H,36,38);5H,1-2H2/b9-8-,22-18-;. The van der Waals surface area contributed by atoms with Crippen LogP contribution in [0.5, 0.6) is 11.5 Å². The first-order chi connectivity index (χ1) is 21.1. The van der Waals surface area contributed by atoms with Gasteiger partial charge >= 0.3 is 0 Å². The number of amides is 2. The van der Waals surface area contributed by atoms with E-state index in [0.717, 1.165) is 0 Å². The number of halogens is 2. The van der Waals surface area contributed by atoms with Crippen molar-refractivity contribution in [2.75, 3.05) is 25.2 Å². The molecule has 9 N–H and O–H groups in total. The summed E-state index contributed by atoms with van der Waals surface area (Å²) in [7, 11) is 0. The molecule has 0 aliphatic rings. The highest BCUT2D eigenvalue weighted by atomic mass is 35.5. The summed E-state index contributed by atoms with van der Waals surface area (Å²) in [6.07, 6.45) is 4.11. The van der Waals surface area contributed by atoms with Crippen LogP contribution in [0.3, 0.4) is 0 Å². The number of carbonyl (C=O) groups is 2. The van der Waals surface area contributed by atoms with Gasteiger partial charge in [-0.05, 0) is 76.1 Å². The minimum atomic E-state index is -0.960. The Kier molecular flexibility index (Phi) is 16.2. The predicted octanol–water partition coefficient (Wildman–Crippen LogP) is 5.29. The Labute approximate surface area is 269 Å². The average molecular weight is 647 g/mol. The fourth-order valence-corrected chi connectivity index (χ4v) is 3.56. The van der Waals surface area contributed by atoms with Gasteiger partial charge in [-0.15, -0.1) is 0 Å². The average Bonchev–Trinajstić information content (AvgIpc) is 2.98. The highest BCUT2D eigenvalue weighted by Crippen LogP contribution is 2.32. The molecular formula is C32H44ClFN6O5. The summed E-state index contributed by atoms with van der Waals surface area (Å²) in [5.41, 5.74) is 17.9. The van der Waals surface area contributed by atoms with Crippen molar-refractivity contribution in [1.29, 1.82) is 5.41 Å². The second-order valence-corrected chi connectivity index (χ2v) is 11.0. The maximum atomic E-state index is 13.4. The number of hydrogen-bond donors (Lipinski definition) is 7. The number of aliphatic hydroxyl groups is 1. The highest BCUT2D eigenvalue weighted by molar-refractivity contribution is 6.32. The molecule has 0 saturated heterocycles. The number of hydrazine groups is 1. The zero-order valence-electron chi connectivity index (χ0n) is 26.3. The molecule has 11 nitrogen and oxygen atoms in total. The van der Waals surface area contributed by atoms with Crippen molar-refractivity contribution in [3.05, 3.63) is 88.7 Å². The van der Waals surface area contributed by atoms with Crippen molar-refractivity contribution < 1.29 is 28.6 Å². The van der Waals surface area contributed by atoms with Gasteiger partial charge in [0.25, 0.3) is 11.8 Å². The molecule has 0 heterocycles. The first kappa shape index (κ1) is 38.5. The number of nitrogens with two attached hydrogens (primary N) is 2. The van der Waals surface area contributed by atoms with Crippen molar-refractivity contribution in [2.45, 2.75) is 52.6 Å². The van der Waals surface area contributed by atoms with Crippen molar-refractivity contribution in [1.82, 2.24) is 10.9 Å². The van der Waals surface area contributed by atoms with Crippen molar-refractivity contribution in [3.63, 3.8) is 0 Å². The molecule has 0 bridgehead atoms. The number of hydrogen-bond acceptors (Lipinski definition) is 8. The maximum absolute atomic E-state index is 13.4. The van der Waals surface area contributed by atoms with Crippen molar-refractivity contribution >= 4 is 34.9 Å². The van der Waals surface area contributed by atoms with Gasteiger partial charge in [-0.3, -0.25) is 25.8 Å². The van der Waals surface area contributed by atoms with Gasteiger partial charge in [0.2, 0.25) is 0 Å². The Morgan fingerprint density at radius 2 is 1.76 bits per heavy atom. The summed E-state index contributed by atoms with van der Waals surface area (Å²) in [5, 5.41) is 18.9. The third-order valence-corrected chi connectivity index (χ3v) is 5.76. The zero-order chi connectivity index (χ0) is 34.2. The van der Waals surface area contributed by atoms with Gasteiger partial charge < -0.3 is 31.4 Å². The Morgan fingerprint density at radius 3 is 2.24 bits per heavy atom. The van der Waals surface area contributed by atoms with Gasteiger partial charge in [0.15, 0.2) is 11.5 Å². The van der Waals surface area contributed by atoms with Gasteiger partial charge in [0.1, 0.15) is 30.9 Å². The highest BCUT2D eigenvalue weighted by Gasteiger charge is 2.24. The normalized spacial score (nSPS) is 12.2. The number of nitrogens with one attached hydrogen (secondary N) is 4. The molecule has 45 heavy (non-hydrogen) atoms. The molecule has 0 spiro atoms. The molecule has 1 unspecified atom stereocenters. The molecule has 2 amide bonds. The molecule has 0 fully saturated rings. The molecule has 0 aliphatic carbocycles. The lowest BCUT2D eigenvalue weighted by Gasteiger charge is -2.23. The third-order valence-electron chi connectivity index (χ3n) is 5.56. The van der Waals surface area contributed by atoms with E-state index in [-0.39, 0.29) is 23.0 Å². The lowest BCUT2D eigenvalue weighted by atomic mass is 10.0. The summed E-state index contributed by atoms with van der Waals surface area (Å²) >= 11 is 6.09. The predicted molar refractivity (Wildman–Crippen MR) is 177 cm³/mol. The second-order valence-electron chi connectivity index (χ2n) is 10.4. The molecular weight excluding hydrogens is 603 g/mol. The SMILES string of the molecule is C=C(O)CF.CC/C=C\C(C(=O)NNC(=O)C(Nc1ccc(C(=N)N)cc1)c1ccc(OCC(C)(C)N)c(OCC)c1)=C(/C)Cl. The van der Waals surface area contributed by atoms with Gasteiger partial charge in [-0.25, -0.2) is 4.39 Å². The van der Waals surface area contributed by atoms with Crippen LogP contribution < -0.4 is 37.1 Å². The molecule has 246 valence electrons. The van der Waals surface area contributed by atoms with Crippen LogP contribution in [0.1, 0.15) is 58.2 Å². The minimum Gasteiger partial charge on any atom is -0.510 e. The van der Waals surface area contributed by atoms with Crippen LogP contribution in [0, 0.1) is 5.41 Å². The number of carbonyl (C=O) groups excluding carboxylic acids is 2. The van der Waals surface area contributed by atoms with Gasteiger partial charge in [-0.2, -0.15) is 0 Å². The van der Waals surface area contributed by atoms with Gasteiger partial charge in [-0.1, -0.05) is 43.3 Å². The quantitative estimate of drug-likeness (QED) is 0.0360. The number of nitrogen functional groups attached to an aromatic ring is 1. The Hall–Kier alpha value is -4.55. The fourth-order valence-electron chi connectivity index (χ4n) is 3.41. The van der Waals surface area contributed by atoms with Crippen LogP contribution in [-0.4, -0.2) is 48.2 Å². The van der Waals surface area contributed by atoms with E-state index in [2.05, 4.69) is 22.7 Å². The molecule has 0 saturated carbocycles. The summed E-state index contributed by atoms with van der Waals surface area (Å²) in [5.74, 6) is -0.667. The summed E-state index contributed by atoms with van der Waals surface area (Å²) < 4.78 is 22.4. The number of amidine groups is 1. The van der Waals surface area contributed by atoms with Crippen LogP contribution in [0.2, 0.25) is 0 Å². The lowest BCUT2D eigenvalue weighted by molar-refractivity contribution is -0.127. The Balaban J connectivity index is 0.00000187. The van der Waals surface area contributed by atoms with E-state index >= 15 is 0 Å². The molecule has 0 aliphatic heterocycles. The van der Waals surface area contributed by atoms with Gasteiger partial charge in [0, 0.05) is 21.8 Å². The Morgan fingerprint density at radius 1 is 1.13 bits per heavy atom. The smallest absolute Gasteiger partial charge is 0.270 e. The fraction of sp³-hybridized carbons (Fsp3) is 0.344. The summed E-state index contributed by atoms with van der Waals surface area (Å²) in [6, 6.07) is 10.9. The van der Waals surface area contributed by atoms with Crippen LogP contribution in [0.4, 0.5) is 10.1 Å². The molecule has 1 atom stereocenters. The first-order valence-corrected chi connectivity index (χ1v) is 14.5. The Bertz CT molecular complexity index is 1370. The van der Waals surface area contributed by atoms with E-state index < -0.39 is 35.8 Å². The number of benzene rings is 2. The number of rotatable bonds is 14. The topological polar surface area (TPSA) is 185 Å². The molecule has 0 radical (unpaired) electrons. The van der Waals surface area contributed by atoms with Crippen LogP contribution in [0.15, 0.2) is 77.6 Å². The van der Waals surface area contributed by atoms with E-state index in [4.69, 9.17) is 43.1 Å². The first-order valence-electron chi connectivity index (χ1n) is 14.1. The zero-order valence-corrected chi connectivity index (χ0v) is 27.1. The van der Waals surface area contributed by atoms with Gasteiger partial charge in [0.05, 0.1) is 12.2 Å². The molecule has 2 rings (SSSR count). The van der Waals surface area contributed by atoms with E-state index in [9.17, 15) is 14.0 Å². The van der Waals surface area contributed by atoms with Crippen LogP contribution >= 0.6 is 11.6 Å². The lowest BCUT2D eigenvalue weighted by Crippen LogP contribution is -2.46. The third kappa shape index (κ3) is 14.2. The van der Waals surface area contributed by atoms with E-state index in [1.165, 1.54) is 0 Å². The summed E-state index contributed by atoms with van der Waals surface area (Å²) in [6.45, 7) is 11.7. The largest absolute Gasteiger partial charge is 0.510 e. The number of ether oxygens (including phenoxy) is 2. The molecule has 2 aromatic rings. The van der Waals surface area contributed by atoms with E-state index in [1.807, 2.05) is 27.7 Å². The number of aliphatic hydroxyl groups excluding tert-OH is 1. The van der Waals surface area contributed by atoms with Crippen LogP contribution in [0.25, 0.3) is 0 Å². The molecule has 0 aromatic heterocycles. The second kappa shape index (κ2) is 19.0. The van der Waals surface area contributed by atoms with E-state index in [0.29, 0.717) is 41.3 Å². The van der Waals surface area contributed by atoms with Crippen LogP contribution in [-0.2, 0) is 9.59 Å². The van der Waals surface area contributed by atoms with E-state index in [1.54, 1.807) is 61.5 Å². The molecule has 2 aromatic carbocycles. The van der Waals surface area contributed by atoms with Crippen molar-refractivity contribution in [2.24, 2.45) is 11.5 Å².